The summed E-state index contributed by atoms with van der Waals surface area (Å²) in [6.45, 7) is 3.42. The van der Waals surface area contributed by atoms with Crippen molar-refractivity contribution >= 4 is 28.6 Å². The molecule has 2 heterocycles. The number of amides is 1. The fourth-order valence-corrected chi connectivity index (χ4v) is 4.25. The van der Waals surface area contributed by atoms with E-state index in [1.807, 2.05) is 18.2 Å². The maximum atomic E-state index is 12.8. The Kier molecular flexibility index (Phi) is 5.00. The van der Waals surface area contributed by atoms with Crippen molar-refractivity contribution in [2.45, 2.75) is 35.7 Å². The number of aromatic amines is 1. The Hall–Kier alpha value is -2.24. The van der Waals surface area contributed by atoms with Gasteiger partial charge in [0.05, 0.1) is 11.0 Å². The molecule has 134 valence electrons. The third-order valence-electron chi connectivity index (χ3n) is 4.64. The lowest BCUT2D eigenvalue weighted by molar-refractivity contribution is 0.0852. The van der Waals surface area contributed by atoms with Gasteiger partial charge in [-0.15, -0.1) is 0 Å². The lowest BCUT2D eigenvalue weighted by Gasteiger charge is -2.11. The molecule has 5 heteroatoms. The van der Waals surface area contributed by atoms with E-state index < -0.39 is 0 Å². The second kappa shape index (κ2) is 7.56. The number of ether oxygens (including phenoxy) is 1. The number of nitrogens with one attached hydrogen (secondary N) is 2. The van der Waals surface area contributed by atoms with Gasteiger partial charge in [0.2, 0.25) is 0 Å². The zero-order chi connectivity index (χ0) is 17.9. The summed E-state index contributed by atoms with van der Waals surface area (Å²) in [5.74, 6) is -0.0775. The first kappa shape index (κ1) is 17.2. The number of H-pyrrole nitrogens is 1. The average molecular weight is 366 g/mol. The van der Waals surface area contributed by atoms with Crippen LogP contribution in [-0.4, -0.2) is 30.1 Å². The van der Waals surface area contributed by atoms with Crippen LogP contribution in [0.4, 0.5) is 0 Å². The molecule has 2 aromatic carbocycles. The van der Waals surface area contributed by atoms with Crippen molar-refractivity contribution in [3.05, 3.63) is 59.8 Å². The number of carbonyl (C=O) groups excluding carboxylic acids is 1. The molecule has 26 heavy (non-hydrogen) atoms. The number of hydrogen-bond acceptors (Lipinski definition) is 3. The molecule has 1 saturated heterocycles. The Labute approximate surface area is 157 Å². The van der Waals surface area contributed by atoms with Crippen LogP contribution in [0.3, 0.4) is 0 Å². The van der Waals surface area contributed by atoms with Crippen LogP contribution in [0.2, 0.25) is 0 Å². The molecule has 0 saturated carbocycles. The minimum atomic E-state index is -0.0775. The van der Waals surface area contributed by atoms with Gasteiger partial charge in [-0.1, -0.05) is 47.7 Å². The summed E-state index contributed by atoms with van der Waals surface area (Å²) in [5, 5.41) is 4.10. The molecular weight excluding hydrogens is 344 g/mol. The predicted molar refractivity (Wildman–Crippen MR) is 105 cm³/mol. The van der Waals surface area contributed by atoms with Gasteiger partial charge in [0.15, 0.2) is 0 Å². The maximum absolute atomic E-state index is 12.8. The van der Waals surface area contributed by atoms with Crippen LogP contribution >= 0.6 is 11.8 Å². The lowest BCUT2D eigenvalue weighted by Crippen LogP contribution is -2.32. The van der Waals surface area contributed by atoms with Crippen molar-refractivity contribution in [3.63, 3.8) is 0 Å². The highest BCUT2D eigenvalue weighted by atomic mass is 32.2. The minimum Gasteiger partial charge on any atom is -0.376 e. The number of aromatic nitrogens is 1. The van der Waals surface area contributed by atoms with Crippen molar-refractivity contribution in [1.82, 2.24) is 10.3 Å². The SMILES string of the molecule is Cc1ccc(Sc2c(C(=O)NC[C@H]3CCCO3)[nH]c3ccccc23)cc1. The van der Waals surface area contributed by atoms with E-state index in [1.54, 1.807) is 11.8 Å². The normalized spacial score (nSPS) is 16.9. The molecule has 1 amide bonds. The number of aryl methyl sites for hydroxylation is 1. The van der Waals surface area contributed by atoms with Crippen molar-refractivity contribution in [3.8, 4) is 0 Å². The van der Waals surface area contributed by atoms with E-state index in [2.05, 4.69) is 47.6 Å². The number of rotatable bonds is 5. The largest absolute Gasteiger partial charge is 0.376 e. The van der Waals surface area contributed by atoms with Crippen LogP contribution < -0.4 is 5.32 Å². The molecule has 4 rings (SSSR count). The number of carbonyl (C=O) groups is 1. The van der Waals surface area contributed by atoms with Gasteiger partial charge in [0.25, 0.3) is 5.91 Å². The summed E-state index contributed by atoms with van der Waals surface area (Å²) in [7, 11) is 0. The molecule has 1 fully saturated rings. The van der Waals surface area contributed by atoms with E-state index in [1.165, 1.54) is 5.56 Å². The minimum absolute atomic E-state index is 0.0775. The van der Waals surface area contributed by atoms with Gasteiger partial charge in [-0.3, -0.25) is 4.79 Å². The van der Waals surface area contributed by atoms with E-state index in [0.29, 0.717) is 12.2 Å². The van der Waals surface area contributed by atoms with E-state index >= 15 is 0 Å². The number of fused-ring (bicyclic) bond motifs is 1. The molecule has 4 nitrogen and oxygen atoms in total. The van der Waals surface area contributed by atoms with Crippen molar-refractivity contribution in [2.75, 3.05) is 13.2 Å². The first-order valence-corrected chi connectivity index (χ1v) is 9.77. The van der Waals surface area contributed by atoms with E-state index in [9.17, 15) is 4.79 Å². The van der Waals surface area contributed by atoms with Crippen LogP contribution in [0.25, 0.3) is 10.9 Å². The van der Waals surface area contributed by atoms with Crippen molar-refractivity contribution < 1.29 is 9.53 Å². The summed E-state index contributed by atoms with van der Waals surface area (Å²) >= 11 is 1.62. The first-order valence-electron chi connectivity index (χ1n) is 8.96. The van der Waals surface area contributed by atoms with Gasteiger partial charge < -0.3 is 15.0 Å². The molecule has 3 aromatic rings. The topological polar surface area (TPSA) is 54.1 Å². The summed E-state index contributed by atoms with van der Waals surface area (Å²) in [6.07, 6.45) is 2.22. The van der Waals surface area contributed by atoms with E-state index in [4.69, 9.17) is 4.74 Å². The summed E-state index contributed by atoms with van der Waals surface area (Å²) < 4.78 is 5.61. The Morgan fingerprint density at radius 3 is 2.81 bits per heavy atom. The summed E-state index contributed by atoms with van der Waals surface area (Å²) in [4.78, 5) is 18.2. The molecule has 0 unspecified atom stereocenters. The number of hydrogen-bond donors (Lipinski definition) is 2. The zero-order valence-corrected chi connectivity index (χ0v) is 15.6. The molecule has 1 aliphatic rings. The Morgan fingerprint density at radius 1 is 1.23 bits per heavy atom. The lowest BCUT2D eigenvalue weighted by atomic mass is 10.2. The van der Waals surface area contributed by atoms with Gasteiger partial charge in [0.1, 0.15) is 5.69 Å². The molecule has 1 aromatic heterocycles. The van der Waals surface area contributed by atoms with Gasteiger partial charge >= 0.3 is 0 Å². The fourth-order valence-electron chi connectivity index (χ4n) is 3.21. The molecular formula is C21H22N2O2S. The second-order valence-corrected chi connectivity index (χ2v) is 7.72. The number of benzene rings is 2. The highest BCUT2D eigenvalue weighted by Gasteiger charge is 2.21. The summed E-state index contributed by atoms with van der Waals surface area (Å²) in [5.41, 5.74) is 2.82. The van der Waals surface area contributed by atoms with Gasteiger partial charge in [0, 0.05) is 29.0 Å². The van der Waals surface area contributed by atoms with Gasteiger partial charge in [-0.2, -0.15) is 0 Å². The molecule has 0 radical (unpaired) electrons. The zero-order valence-electron chi connectivity index (χ0n) is 14.7. The Balaban J connectivity index is 1.62. The van der Waals surface area contributed by atoms with Crippen LogP contribution in [0, 0.1) is 6.92 Å². The quantitative estimate of drug-likeness (QED) is 0.697. The van der Waals surface area contributed by atoms with Crippen molar-refractivity contribution in [1.29, 1.82) is 0 Å². The molecule has 1 aliphatic heterocycles. The first-order chi connectivity index (χ1) is 12.7. The molecule has 1 atom stereocenters. The monoisotopic (exact) mass is 366 g/mol. The van der Waals surface area contributed by atoms with E-state index in [0.717, 1.165) is 40.1 Å². The van der Waals surface area contributed by atoms with Crippen LogP contribution in [0.1, 0.15) is 28.9 Å². The summed E-state index contributed by atoms with van der Waals surface area (Å²) in [6, 6.07) is 16.4. The van der Waals surface area contributed by atoms with Crippen LogP contribution in [0.15, 0.2) is 58.3 Å². The predicted octanol–water partition coefficient (Wildman–Crippen LogP) is 4.54. The molecule has 0 spiro atoms. The van der Waals surface area contributed by atoms with E-state index in [-0.39, 0.29) is 12.0 Å². The van der Waals surface area contributed by atoms with Crippen LogP contribution in [-0.2, 0) is 4.74 Å². The molecule has 2 N–H and O–H groups in total. The molecule has 0 aliphatic carbocycles. The Bertz CT molecular complexity index is 911. The third kappa shape index (κ3) is 3.64. The smallest absolute Gasteiger partial charge is 0.269 e. The van der Waals surface area contributed by atoms with Gasteiger partial charge in [-0.25, -0.2) is 0 Å². The second-order valence-electron chi connectivity index (χ2n) is 6.63. The highest BCUT2D eigenvalue weighted by Crippen LogP contribution is 2.36. The van der Waals surface area contributed by atoms with Crippen LogP contribution in [0.5, 0.6) is 0 Å². The standard InChI is InChI=1S/C21H22N2O2S/c1-14-8-10-16(11-9-14)26-20-17-6-2-3-7-18(17)23-19(20)21(24)22-13-15-5-4-12-25-15/h2-3,6-11,15,23H,4-5,12-13H2,1H3,(H,22,24)/t15-/m1/s1. The highest BCUT2D eigenvalue weighted by molar-refractivity contribution is 7.99. The Morgan fingerprint density at radius 2 is 2.04 bits per heavy atom. The number of para-hydroxylation sites is 1. The van der Waals surface area contributed by atoms with Crippen molar-refractivity contribution in [2.24, 2.45) is 0 Å². The third-order valence-corrected chi connectivity index (χ3v) is 5.78. The van der Waals surface area contributed by atoms with Gasteiger partial charge in [-0.05, 0) is 38.0 Å². The molecule has 0 bridgehead atoms. The average Bonchev–Trinajstić information content (AvgIpc) is 3.30. The maximum Gasteiger partial charge on any atom is 0.269 e. The fraction of sp³-hybridized carbons (Fsp3) is 0.286.